The van der Waals surface area contributed by atoms with Crippen LogP contribution in [0.5, 0.6) is 23.0 Å². The van der Waals surface area contributed by atoms with E-state index in [-0.39, 0.29) is 23.0 Å². The van der Waals surface area contributed by atoms with Crippen LogP contribution in [0, 0.1) is 32.1 Å². The molecule has 1 aliphatic rings. The molecule has 0 aliphatic carbocycles. The molecule has 40 heavy (non-hydrogen) atoms. The monoisotopic (exact) mass is 536 g/mol. The van der Waals surface area contributed by atoms with Crippen LogP contribution in [0.3, 0.4) is 0 Å². The van der Waals surface area contributed by atoms with Gasteiger partial charge in [0.1, 0.15) is 35.3 Å². The lowest BCUT2D eigenvalue weighted by Gasteiger charge is -2.27. The first kappa shape index (κ1) is 26.4. The molecule has 2 heterocycles. The number of benzene rings is 3. The lowest BCUT2D eigenvalue weighted by molar-refractivity contribution is 0.0702. The molecule has 1 atom stereocenters. The topological polar surface area (TPSA) is 117 Å². The molecule has 8 nitrogen and oxygen atoms in total. The van der Waals surface area contributed by atoms with Gasteiger partial charge in [-0.25, -0.2) is 4.79 Å². The molecule has 2 N–H and O–H groups in total. The fraction of sp³-hybridized carbons (Fsp3) is 0.188. The van der Waals surface area contributed by atoms with Crippen LogP contribution >= 0.6 is 0 Å². The molecule has 0 bridgehead atoms. The third kappa shape index (κ3) is 4.52. The number of hydrogen-bond acceptors (Lipinski definition) is 8. The van der Waals surface area contributed by atoms with Crippen molar-refractivity contribution in [2.75, 3.05) is 13.7 Å². The highest BCUT2D eigenvalue weighted by Crippen LogP contribution is 2.45. The number of hydrogen-bond donors (Lipinski definition) is 1. The Morgan fingerprint density at radius 2 is 1.90 bits per heavy atom. The standard InChI is InChI=1S/C32H28N2O6/c1-6-13-37-25-12-8-20(14-27(25)36-5)28-23-11-9-21(15-26(23)39-31(34)24(28)16-33)38-32(35)30-19(4)22-10-7-17(2)18(3)29(22)40-30/h6-12,14-15,28H,1,13,34H2,2-5H3. The number of methoxy groups -OCH3 is 1. The summed E-state index contributed by atoms with van der Waals surface area (Å²) in [5.74, 6) is 0.595. The second kappa shape index (κ2) is 10.5. The summed E-state index contributed by atoms with van der Waals surface area (Å²) < 4.78 is 28.6. The van der Waals surface area contributed by atoms with Gasteiger partial charge in [-0.1, -0.05) is 36.9 Å². The number of nitriles is 1. The van der Waals surface area contributed by atoms with Gasteiger partial charge in [-0.15, -0.1) is 0 Å². The van der Waals surface area contributed by atoms with Crippen molar-refractivity contribution in [2.45, 2.75) is 26.7 Å². The smallest absolute Gasteiger partial charge is 0.379 e. The van der Waals surface area contributed by atoms with Gasteiger partial charge in [0.25, 0.3) is 0 Å². The Morgan fingerprint density at radius 3 is 2.62 bits per heavy atom. The molecule has 0 fully saturated rings. The summed E-state index contributed by atoms with van der Waals surface area (Å²) in [6, 6.07) is 16.5. The molecule has 0 saturated heterocycles. The van der Waals surface area contributed by atoms with Crippen molar-refractivity contribution in [3.05, 3.63) is 106 Å². The van der Waals surface area contributed by atoms with Crippen LogP contribution in [-0.4, -0.2) is 19.7 Å². The zero-order valence-corrected chi connectivity index (χ0v) is 22.7. The highest BCUT2D eigenvalue weighted by Gasteiger charge is 2.32. The molecule has 3 aromatic carbocycles. The number of rotatable bonds is 7. The Bertz CT molecular complexity index is 1740. The van der Waals surface area contributed by atoms with Gasteiger partial charge < -0.3 is 29.1 Å². The van der Waals surface area contributed by atoms with Crippen LogP contribution in [0.4, 0.5) is 0 Å². The van der Waals surface area contributed by atoms with Gasteiger partial charge in [0, 0.05) is 22.6 Å². The van der Waals surface area contributed by atoms with E-state index in [1.54, 1.807) is 43.5 Å². The number of furan rings is 1. The number of nitrogens with zero attached hydrogens (tertiary/aromatic N) is 1. The average molecular weight is 537 g/mol. The molecule has 0 radical (unpaired) electrons. The summed E-state index contributed by atoms with van der Waals surface area (Å²) in [4.78, 5) is 13.1. The highest BCUT2D eigenvalue weighted by molar-refractivity contribution is 5.98. The van der Waals surface area contributed by atoms with E-state index >= 15 is 0 Å². The Labute approximate surface area is 231 Å². The van der Waals surface area contributed by atoms with Crippen molar-refractivity contribution in [2.24, 2.45) is 5.73 Å². The second-order valence-corrected chi connectivity index (χ2v) is 9.46. The molecule has 0 amide bonds. The van der Waals surface area contributed by atoms with Crippen LogP contribution < -0.4 is 24.7 Å². The lowest BCUT2D eigenvalue weighted by atomic mass is 9.83. The number of nitrogens with two attached hydrogens (primary N) is 1. The largest absolute Gasteiger partial charge is 0.493 e. The van der Waals surface area contributed by atoms with Crippen LogP contribution in [0.2, 0.25) is 0 Å². The zero-order valence-electron chi connectivity index (χ0n) is 22.7. The first-order valence-electron chi connectivity index (χ1n) is 12.6. The van der Waals surface area contributed by atoms with E-state index in [0.717, 1.165) is 22.1 Å². The first-order chi connectivity index (χ1) is 19.3. The molecule has 1 aliphatic heterocycles. The molecule has 5 rings (SSSR count). The van der Waals surface area contributed by atoms with E-state index in [0.29, 0.717) is 40.6 Å². The number of aryl methyl sites for hydroxylation is 3. The zero-order chi connectivity index (χ0) is 28.6. The van der Waals surface area contributed by atoms with Crippen molar-refractivity contribution in [3.63, 3.8) is 0 Å². The van der Waals surface area contributed by atoms with Gasteiger partial charge in [0.15, 0.2) is 11.5 Å². The van der Waals surface area contributed by atoms with E-state index in [1.807, 2.05) is 39.0 Å². The second-order valence-electron chi connectivity index (χ2n) is 9.46. The molecule has 1 unspecified atom stereocenters. The van der Waals surface area contributed by atoms with Gasteiger partial charge in [-0.2, -0.15) is 5.26 Å². The van der Waals surface area contributed by atoms with Crippen LogP contribution in [0.25, 0.3) is 11.0 Å². The Morgan fingerprint density at radius 1 is 1.10 bits per heavy atom. The predicted octanol–water partition coefficient (Wildman–Crippen LogP) is 6.37. The predicted molar refractivity (Wildman–Crippen MR) is 150 cm³/mol. The average Bonchev–Trinajstić information content (AvgIpc) is 3.29. The minimum absolute atomic E-state index is 0.0339. The fourth-order valence-corrected chi connectivity index (χ4v) is 4.84. The van der Waals surface area contributed by atoms with E-state index in [9.17, 15) is 10.1 Å². The van der Waals surface area contributed by atoms with Crippen molar-refractivity contribution in [1.29, 1.82) is 5.26 Å². The number of carbonyl (C=O) groups is 1. The van der Waals surface area contributed by atoms with Gasteiger partial charge in [0.05, 0.1) is 13.0 Å². The molecular formula is C32H28N2O6. The quantitative estimate of drug-likeness (QED) is 0.165. The van der Waals surface area contributed by atoms with Gasteiger partial charge in [-0.05, 0) is 55.7 Å². The van der Waals surface area contributed by atoms with Gasteiger partial charge in [-0.3, -0.25) is 0 Å². The third-order valence-electron chi connectivity index (χ3n) is 7.09. The van der Waals surface area contributed by atoms with Gasteiger partial charge in [0.2, 0.25) is 11.6 Å². The summed E-state index contributed by atoms with van der Waals surface area (Å²) >= 11 is 0. The summed E-state index contributed by atoms with van der Waals surface area (Å²) in [7, 11) is 1.54. The minimum atomic E-state index is -0.626. The molecule has 4 aromatic rings. The fourth-order valence-electron chi connectivity index (χ4n) is 4.84. The number of ether oxygens (including phenoxy) is 4. The molecule has 0 spiro atoms. The van der Waals surface area contributed by atoms with Crippen LogP contribution in [-0.2, 0) is 0 Å². The van der Waals surface area contributed by atoms with Crippen molar-refractivity contribution < 1.29 is 28.2 Å². The van der Waals surface area contributed by atoms with E-state index < -0.39 is 11.9 Å². The van der Waals surface area contributed by atoms with Crippen molar-refractivity contribution in [3.8, 4) is 29.1 Å². The number of allylic oxidation sites excluding steroid dienone is 1. The van der Waals surface area contributed by atoms with E-state index in [1.165, 1.54) is 0 Å². The van der Waals surface area contributed by atoms with E-state index in [4.69, 9.17) is 29.1 Å². The number of carbonyl (C=O) groups excluding carboxylic acids is 1. The highest BCUT2D eigenvalue weighted by atomic mass is 16.5. The lowest BCUT2D eigenvalue weighted by Crippen LogP contribution is -2.21. The molecular weight excluding hydrogens is 508 g/mol. The SMILES string of the molecule is C=CCOc1ccc(C2C(C#N)=C(N)Oc3cc(OC(=O)c4oc5c(C)c(C)ccc5c4C)ccc32)cc1OC. The first-order valence-corrected chi connectivity index (χ1v) is 12.6. The Kier molecular flexibility index (Phi) is 6.97. The maximum Gasteiger partial charge on any atom is 0.379 e. The number of fused-ring (bicyclic) bond motifs is 2. The van der Waals surface area contributed by atoms with E-state index in [2.05, 4.69) is 12.6 Å². The summed E-state index contributed by atoms with van der Waals surface area (Å²) in [6.07, 6.45) is 1.64. The molecule has 8 heteroatoms. The van der Waals surface area contributed by atoms with Crippen LogP contribution in [0.15, 0.2) is 77.1 Å². The molecule has 1 aromatic heterocycles. The van der Waals surface area contributed by atoms with Crippen molar-refractivity contribution >= 4 is 16.9 Å². The molecule has 202 valence electrons. The Balaban J connectivity index is 1.49. The number of esters is 1. The third-order valence-corrected chi connectivity index (χ3v) is 7.09. The normalized spacial score (nSPS) is 14.2. The molecule has 0 saturated carbocycles. The summed E-state index contributed by atoms with van der Waals surface area (Å²) in [6.45, 7) is 9.76. The maximum atomic E-state index is 13.1. The summed E-state index contributed by atoms with van der Waals surface area (Å²) in [5, 5.41) is 10.8. The minimum Gasteiger partial charge on any atom is -0.493 e. The maximum absolute atomic E-state index is 13.1. The summed E-state index contributed by atoms with van der Waals surface area (Å²) in [5.41, 5.74) is 11.3. The van der Waals surface area contributed by atoms with Crippen molar-refractivity contribution in [1.82, 2.24) is 0 Å². The van der Waals surface area contributed by atoms with Gasteiger partial charge >= 0.3 is 5.97 Å². The Hall–Kier alpha value is -5.16. The van der Waals surface area contributed by atoms with Crippen LogP contribution in [0.1, 0.15) is 44.3 Å².